The number of Topliss-reactive ketones (excluding diaryl/α,β-unsaturated/α-hetero) is 1. The molecule has 0 aliphatic heterocycles. The van der Waals surface area contributed by atoms with Crippen molar-refractivity contribution >= 4 is 11.5 Å². The van der Waals surface area contributed by atoms with E-state index in [0.717, 1.165) is 17.8 Å². The Morgan fingerprint density at radius 3 is 2.21 bits per heavy atom. The summed E-state index contributed by atoms with van der Waals surface area (Å²) in [4.78, 5) is 13.7. The van der Waals surface area contributed by atoms with Crippen LogP contribution in [-0.4, -0.2) is 12.8 Å². The fourth-order valence-corrected chi connectivity index (χ4v) is 2.05. The molecule has 0 amide bonds. The minimum Gasteiger partial charge on any atom is -0.370 e. The van der Waals surface area contributed by atoms with E-state index in [4.69, 9.17) is 0 Å². The second kappa shape index (κ2) is 6.19. The van der Waals surface area contributed by atoms with Crippen molar-refractivity contribution in [3.63, 3.8) is 0 Å². The molecule has 0 saturated heterocycles. The maximum absolute atomic E-state index is 11.6. The number of hydrogen-bond acceptors (Lipinski definition) is 2. The Labute approximate surface area is 114 Å². The van der Waals surface area contributed by atoms with E-state index in [1.807, 2.05) is 49.4 Å². The lowest BCUT2D eigenvalue weighted by atomic mass is 10.1. The summed E-state index contributed by atoms with van der Waals surface area (Å²) in [6, 6.07) is 18.2. The third-order valence-electron chi connectivity index (χ3n) is 3.21. The van der Waals surface area contributed by atoms with Crippen molar-refractivity contribution in [2.45, 2.75) is 19.9 Å². The maximum Gasteiger partial charge on any atom is 0.162 e. The van der Waals surface area contributed by atoms with Crippen LogP contribution in [0.3, 0.4) is 0 Å². The molecule has 0 aliphatic rings. The highest BCUT2D eigenvalue weighted by Gasteiger charge is 2.05. The van der Waals surface area contributed by atoms with Gasteiger partial charge in [0.1, 0.15) is 0 Å². The van der Waals surface area contributed by atoms with Gasteiger partial charge in [-0.2, -0.15) is 0 Å². The Morgan fingerprint density at radius 2 is 1.63 bits per heavy atom. The van der Waals surface area contributed by atoms with Gasteiger partial charge in [-0.05, 0) is 29.8 Å². The predicted octanol–water partition coefficient (Wildman–Crippen LogP) is 3.92. The molecule has 0 heterocycles. The Morgan fingerprint density at radius 1 is 1.00 bits per heavy atom. The quantitative estimate of drug-likeness (QED) is 0.753. The molecule has 2 rings (SSSR count). The highest BCUT2D eigenvalue weighted by atomic mass is 16.1. The van der Waals surface area contributed by atoms with Gasteiger partial charge >= 0.3 is 0 Å². The molecule has 0 atom stereocenters. The number of benzene rings is 2. The van der Waals surface area contributed by atoms with Gasteiger partial charge in [-0.25, -0.2) is 0 Å². The van der Waals surface area contributed by atoms with Gasteiger partial charge in [0.15, 0.2) is 5.78 Å². The van der Waals surface area contributed by atoms with Crippen LogP contribution in [0.15, 0.2) is 54.6 Å². The van der Waals surface area contributed by atoms with Gasteiger partial charge < -0.3 is 4.90 Å². The molecular formula is C17H19NO. The molecule has 0 unspecified atom stereocenters. The predicted molar refractivity (Wildman–Crippen MR) is 79.6 cm³/mol. The molecule has 98 valence electrons. The van der Waals surface area contributed by atoms with Gasteiger partial charge in [0.25, 0.3) is 0 Å². The van der Waals surface area contributed by atoms with Crippen molar-refractivity contribution in [2.75, 3.05) is 11.9 Å². The third kappa shape index (κ3) is 3.44. The zero-order chi connectivity index (χ0) is 13.7. The van der Waals surface area contributed by atoms with Crippen LogP contribution in [0.5, 0.6) is 0 Å². The van der Waals surface area contributed by atoms with E-state index in [-0.39, 0.29) is 5.78 Å². The smallest absolute Gasteiger partial charge is 0.162 e. The van der Waals surface area contributed by atoms with Crippen LogP contribution in [0, 0.1) is 0 Å². The van der Waals surface area contributed by atoms with Crippen LogP contribution in [0.2, 0.25) is 0 Å². The minimum atomic E-state index is 0.192. The molecular weight excluding hydrogens is 234 g/mol. The highest BCUT2D eigenvalue weighted by molar-refractivity contribution is 5.96. The molecule has 2 aromatic carbocycles. The van der Waals surface area contributed by atoms with Crippen molar-refractivity contribution < 1.29 is 4.79 Å². The van der Waals surface area contributed by atoms with E-state index >= 15 is 0 Å². The van der Waals surface area contributed by atoms with Crippen molar-refractivity contribution in [1.29, 1.82) is 0 Å². The zero-order valence-corrected chi connectivity index (χ0v) is 11.5. The first kappa shape index (κ1) is 13.3. The van der Waals surface area contributed by atoms with Crippen molar-refractivity contribution in [3.8, 4) is 0 Å². The summed E-state index contributed by atoms with van der Waals surface area (Å²) in [5.41, 5.74) is 3.19. The lowest BCUT2D eigenvalue weighted by Gasteiger charge is -2.19. The van der Waals surface area contributed by atoms with E-state index in [1.165, 1.54) is 5.56 Å². The first-order valence-electron chi connectivity index (χ1n) is 6.59. The van der Waals surface area contributed by atoms with Crippen LogP contribution in [0.1, 0.15) is 29.3 Å². The first-order valence-corrected chi connectivity index (χ1v) is 6.59. The van der Waals surface area contributed by atoms with Crippen molar-refractivity contribution in [3.05, 3.63) is 65.7 Å². The molecule has 0 aromatic heterocycles. The van der Waals surface area contributed by atoms with Crippen LogP contribution in [-0.2, 0) is 6.54 Å². The average Bonchev–Trinajstić information content (AvgIpc) is 2.47. The number of hydrogen-bond donors (Lipinski definition) is 0. The zero-order valence-electron chi connectivity index (χ0n) is 11.5. The van der Waals surface area contributed by atoms with Crippen molar-refractivity contribution in [2.24, 2.45) is 0 Å². The number of carbonyl (C=O) groups is 1. The molecule has 2 aromatic rings. The number of rotatable bonds is 5. The summed E-state index contributed by atoms with van der Waals surface area (Å²) in [6.45, 7) is 2.75. The second-order valence-corrected chi connectivity index (χ2v) is 4.67. The first-order chi connectivity index (χ1) is 9.20. The molecule has 2 nitrogen and oxygen atoms in total. The SMILES string of the molecule is CCC(=O)c1ccc(N(C)Cc2ccccc2)cc1. The largest absolute Gasteiger partial charge is 0.370 e. The summed E-state index contributed by atoms with van der Waals surface area (Å²) in [5, 5.41) is 0. The number of carbonyl (C=O) groups excluding carboxylic acids is 1. The summed E-state index contributed by atoms with van der Waals surface area (Å²) < 4.78 is 0. The monoisotopic (exact) mass is 253 g/mol. The molecule has 0 aliphatic carbocycles. The molecule has 0 spiro atoms. The summed E-state index contributed by atoms with van der Waals surface area (Å²) >= 11 is 0. The van der Waals surface area contributed by atoms with Gasteiger partial charge in [0.05, 0.1) is 0 Å². The number of ketones is 1. The van der Waals surface area contributed by atoms with E-state index in [2.05, 4.69) is 24.1 Å². The van der Waals surface area contributed by atoms with Crippen LogP contribution >= 0.6 is 0 Å². The summed E-state index contributed by atoms with van der Waals surface area (Å²) in [7, 11) is 2.06. The molecule has 0 N–H and O–H groups in total. The number of anilines is 1. The maximum atomic E-state index is 11.6. The average molecular weight is 253 g/mol. The summed E-state index contributed by atoms with van der Waals surface area (Å²) in [6.07, 6.45) is 0.555. The molecule has 19 heavy (non-hydrogen) atoms. The third-order valence-corrected chi connectivity index (χ3v) is 3.21. The fourth-order valence-electron chi connectivity index (χ4n) is 2.05. The lowest BCUT2D eigenvalue weighted by Crippen LogP contribution is -2.16. The topological polar surface area (TPSA) is 20.3 Å². The van der Waals surface area contributed by atoms with Gasteiger partial charge in [-0.1, -0.05) is 37.3 Å². The van der Waals surface area contributed by atoms with Gasteiger partial charge in [-0.3, -0.25) is 4.79 Å². The number of nitrogens with zero attached hydrogens (tertiary/aromatic N) is 1. The molecule has 0 fully saturated rings. The van der Waals surface area contributed by atoms with Crippen LogP contribution in [0.4, 0.5) is 5.69 Å². The van der Waals surface area contributed by atoms with Crippen LogP contribution in [0.25, 0.3) is 0 Å². The standard InChI is InChI=1S/C17H19NO/c1-3-17(19)15-9-11-16(12-10-15)18(2)13-14-7-5-4-6-8-14/h4-12H,3,13H2,1-2H3. The highest BCUT2D eigenvalue weighted by Crippen LogP contribution is 2.17. The molecule has 0 saturated carbocycles. The van der Waals surface area contributed by atoms with E-state index in [0.29, 0.717) is 6.42 Å². The van der Waals surface area contributed by atoms with Gasteiger partial charge in [0.2, 0.25) is 0 Å². The normalized spacial score (nSPS) is 10.2. The van der Waals surface area contributed by atoms with E-state index < -0.39 is 0 Å². The molecule has 2 heteroatoms. The van der Waals surface area contributed by atoms with Crippen LogP contribution < -0.4 is 4.90 Å². The minimum absolute atomic E-state index is 0.192. The Bertz CT molecular complexity index is 531. The van der Waals surface area contributed by atoms with Crippen molar-refractivity contribution in [1.82, 2.24) is 0 Å². The van der Waals surface area contributed by atoms with E-state index in [1.54, 1.807) is 0 Å². The van der Waals surface area contributed by atoms with Gasteiger partial charge in [-0.15, -0.1) is 0 Å². The molecule has 0 bridgehead atoms. The fraction of sp³-hybridized carbons (Fsp3) is 0.235. The Hall–Kier alpha value is -2.09. The second-order valence-electron chi connectivity index (χ2n) is 4.67. The van der Waals surface area contributed by atoms with E-state index in [9.17, 15) is 4.79 Å². The Balaban J connectivity index is 2.07. The lowest BCUT2D eigenvalue weighted by molar-refractivity contribution is 0.0988. The Kier molecular flexibility index (Phi) is 4.35. The molecule has 0 radical (unpaired) electrons. The van der Waals surface area contributed by atoms with Gasteiger partial charge in [0, 0.05) is 31.3 Å². The summed E-state index contributed by atoms with van der Waals surface area (Å²) in [5.74, 6) is 0.192.